The summed E-state index contributed by atoms with van der Waals surface area (Å²) in [6.07, 6.45) is 0.652. The molecule has 2 aliphatic heterocycles. The molecule has 2 aromatic carbocycles. The molecule has 2 aromatic rings. The number of carbonyl (C=O) groups is 2. The number of hydrogen-bond acceptors (Lipinski definition) is 7. The molecule has 2 atom stereocenters. The SMILES string of the molecule is CCOC(=O)[C@@H]1Cc2ccc(OC)c(c2)Oc2ccc(cc2)C[C@H](N(C)[B]OC)C(=O)N1. The molecule has 0 spiro atoms. The first-order valence-electron chi connectivity index (χ1n) is 10.4. The van der Waals surface area contributed by atoms with E-state index in [1.54, 1.807) is 38.0 Å². The Kier molecular flexibility index (Phi) is 8.13. The number of nitrogens with one attached hydrogen (secondary N) is 1. The highest BCUT2D eigenvalue weighted by Crippen LogP contribution is 2.33. The zero-order valence-corrected chi connectivity index (χ0v) is 18.8. The van der Waals surface area contributed by atoms with Gasteiger partial charge in [0.1, 0.15) is 11.8 Å². The van der Waals surface area contributed by atoms with Crippen LogP contribution in [-0.4, -0.2) is 64.3 Å². The minimum absolute atomic E-state index is 0.217. The third-order valence-electron chi connectivity index (χ3n) is 5.20. The van der Waals surface area contributed by atoms with E-state index in [1.165, 1.54) is 14.7 Å². The molecular formula is C23H28BN2O6. The van der Waals surface area contributed by atoms with Gasteiger partial charge < -0.3 is 29.0 Å². The minimum atomic E-state index is -0.856. The number of methoxy groups -OCH3 is 1. The quantitative estimate of drug-likeness (QED) is 0.545. The van der Waals surface area contributed by atoms with Gasteiger partial charge in [0.15, 0.2) is 11.5 Å². The number of likely N-dealkylation sites (N-methyl/N-ethyl adjacent to an activating group) is 1. The van der Waals surface area contributed by atoms with Crippen molar-refractivity contribution in [3.63, 3.8) is 0 Å². The molecular weight excluding hydrogens is 411 g/mol. The zero-order chi connectivity index (χ0) is 23.1. The van der Waals surface area contributed by atoms with Crippen LogP contribution in [0.25, 0.3) is 0 Å². The number of benzene rings is 2. The third-order valence-corrected chi connectivity index (χ3v) is 5.20. The first-order chi connectivity index (χ1) is 15.4. The fraction of sp³-hybridized carbons (Fsp3) is 0.391. The first-order valence-corrected chi connectivity index (χ1v) is 10.4. The summed E-state index contributed by atoms with van der Waals surface area (Å²) in [6.45, 7) is 1.95. The molecule has 4 rings (SSSR count). The third kappa shape index (κ3) is 5.80. The fourth-order valence-electron chi connectivity index (χ4n) is 3.57. The normalized spacial score (nSPS) is 18.3. The number of ether oxygens (including phenoxy) is 3. The number of amides is 1. The van der Waals surface area contributed by atoms with Crippen molar-refractivity contribution in [1.29, 1.82) is 0 Å². The monoisotopic (exact) mass is 439 g/mol. The van der Waals surface area contributed by atoms with Crippen LogP contribution in [0.4, 0.5) is 0 Å². The molecule has 4 bridgehead atoms. The van der Waals surface area contributed by atoms with Crippen LogP contribution in [-0.2, 0) is 31.8 Å². The second kappa shape index (κ2) is 11.0. The Labute approximate surface area is 189 Å². The van der Waals surface area contributed by atoms with Crippen LogP contribution < -0.4 is 14.8 Å². The molecule has 8 nitrogen and oxygen atoms in total. The average molecular weight is 439 g/mol. The lowest BCUT2D eigenvalue weighted by molar-refractivity contribution is -0.147. The van der Waals surface area contributed by atoms with Crippen molar-refractivity contribution in [2.75, 3.05) is 27.9 Å². The first kappa shape index (κ1) is 23.6. The van der Waals surface area contributed by atoms with Crippen molar-refractivity contribution in [1.82, 2.24) is 10.1 Å². The standard InChI is InChI=1S/C23H28BN2O6/c1-5-31-23(28)18-12-16-8-11-20(29-3)21(14-16)32-17-9-6-15(7-10-17)13-19(22(27)25-18)26(2)24-30-4/h6-11,14,18-19H,5,12-13H2,1-4H3,(H,25,27)/t18-,19-/m0/s1. The highest BCUT2D eigenvalue weighted by atomic mass is 16.5. The van der Waals surface area contributed by atoms with Crippen LogP contribution in [0.3, 0.4) is 0 Å². The lowest BCUT2D eigenvalue weighted by Crippen LogP contribution is -2.53. The summed E-state index contributed by atoms with van der Waals surface area (Å²) in [5.41, 5.74) is 1.72. The number of fused-ring (bicyclic) bond motifs is 7. The van der Waals surface area contributed by atoms with Crippen LogP contribution in [0.1, 0.15) is 18.1 Å². The summed E-state index contributed by atoms with van der Waals surface area (Å²) in [4.78, 5) is 27.6. The molecule has 9 heteroatoms. The minimum Gasteiger partial charge on any atom is -0.493 e. The zero-order valence-electron chi connectivity index (χ0n) is 18.8. The smallest absolute Gasteiger partial charge is 0.399 e. The lowest BCUT2D eigenvalue weighted by Gasteiger charge is -2.28. The van der Waals surface area contributed by atoms with Gasteiger partial charge in [0.2, 0.25) is 5.91 Å². The number of rotatable bonds is 6. The Morgan fingerprint density at radius 1 is 1.16 bits per heavy atom. The molecule has 2 aliphatic rings. The Bertz CT molecular complexity index is 937. The number of carbonyl (C=O) groups excluding carboxylic acids is 2. The molecule has 32 heavy (non-hydrogen) atoms. The van der Waals surface area contributed by atoms with Gasteiger partial charge in [-0.1, -0.05) is 18.2 Å². The van der Waals surface area contributed by atoms with E-state index < -0.39 is 18.1 Å². The van der Waals surface area contributed by atoms with E-state index >= 15 is 0 Å². The summed E-state index contributed by atoms with van der Waals surface area (Å²) in [5, 5.41) is 2.87. The molecule has 169 valence electrons. The van der Waals surface area contributed by atoms with Crippen molar-refractivity contribution < 1.29 is 28.5 Å². The van der Waals surface area contributed by atoms with Crippen molar-refractivity contribution in [2.24, 2.45) is 0 Å². The Morgan fingerprint density at radius 3 is 2.53 bits per heavy atom. The Hall–Kier alpha value is -3.04. The molecule has 1 radical (unpaired) electrons. The van der Waals surface area contributed by atoms with Gasteiger partial charge in [-0.2, -0.15) is 0 Å². The van der Waals surface area contributed by atoms with E-state index in [4.69, 9.17) is 18.9 Å². The maximum absolute atomic E-state index is 13.3. The molecule has 0 saturated carbocycles. The van der Waals surface area contributed by atoms with E-state index in [-0.39, 0.29) is 18.9 Å². The van der Waals surface area contributed by atoms with Crippen LogP contribution in [0.15, 0.2) is 42.5 Å². The van der Waals surface area contributed by atoms with E-state index in [2.05, 4.69) is 5.32 Å². The van der Waals surface area contributed by atoms with Crippen LogP contribution in [0.5, 0.6) is 17.2 Å². The van der Waals surface area contributed by atoms with Crippen molar-refractivity contribution in [3.8, 4) is 17.2 Å². The predicted octanol–water partition coefficient (Wildman–Crippen LogP) is 2.11. The molecule has 0 unspecified atom stereocenters. The van der Waals surface area contributed by atoms with Crippen LogP contribution in [0.2, 0.25) is 0 Å². The van der Waals surface area contributed by atoms with Crippen LogP contribution in [0, 0.1) is 0 Å². The molecule has 0 aromatic heterocycles. The largest absolute Gasteiger partial charge is 0.493 e. The average Bonchev–Trinajstić information content (AvgIpc) is 2.78. The molecule has 0 saturated heterocycles. The van der Waals surface area contributed by atoms with Crippen LogP contribution >= 0.6 is 0 Å². The molecule has 0 fully saturated rings. The van der Waals surface area contributed by atoms with Gasteiger partial charge in [-0.3, -0.25) is 4.79 Å². The van der Waals surface area contributed by atoms with E-state index in [0.29, 0.717) is 23.7 Å². The predicted molar refractivity (Wildman–Crippen MR) is 120 cm³/mol. The Morgan fingerprint density at radius 2 is 1.88 bits per heavy atom. The summed E-state index contributed by atoms with van der Waals surface area (Å²) in [6, 6.07) is 11.5. The summed E-state index contributed by atoms with van der Waals surface area (Å²) >= 11 is 0. The topological polar surface area (TPSA) is 86.3 Å². The van der Waals surface area contributed by atoms with E-state index in [9.17, 15) is 9.59 Å². The molecule has 2 heterocycles. The number of esters is 1. The highest BCUT2D eigenvalue weighted by Gasteiger charge is 2.30. The van der Waals surface area contributed by atoms with Crippen molar-refractivity contribution in [2.45, 2.75) is 31.8 Å². The number of hydrogen-bond donors (Lipinski definition) is 1. The fourth-order valence-corrected chi connectivity index (χ4v) is 3.57. The molecule has 0 aliphatic carbocycles. The van der Waals surface area contributed by atoms with Gasteiger partial charge in [0, 0.05) is 13.5 Å². The van der Waals surface area contributed by atoms with Gasteiger partial charge in [-0.25, -0.2) is 4.79 Å². The molecule has 1 N–H and O–H groups in total. The maximum atomic E-state index is 13.3. The van der Waals surface area contributed by atoms with Gasteiger partial charge in [0.25, 0.3) is 0 Å². The second-order valence-corrected chi connectivity index (χ2v) is 7.48. The van der Waals surface area contributed by atoms with Gasteiger partial charge in [-0.05, 0) is 55.8 Å². The highest BCUT2D eigenvalue weighted by molar-refractivity contribution is 6.24. The van der Waals surface area contributed by atoms with E-state index in [0.717, 1.165) is 11.1 Å². The van der Waals surface area contributed by atoms with Gasteiger partial charge >= 0.3 is 13.6 Å². The van der Waals surface area contributed by atoms with Gasteiger partial charge in [0.05, 0.1) is 19.8 Å². The summed E-state index contributed by atoms with van der Waals surface area (Å²) < 4.78 is 21.8. The lowest BCUT2D eigenvalue weighted by atomic mass is 9.98. The van der Waals surface area contributed by atoms with Crippen molar-refractivity contribution in [3.05, 3.63) is 53.6 Å². The number of nitrogens with zero attached hydrogens (tertiary/aromatic N) is 1. The van der Waals surface area contributed by atoms with E-state index in [1.807, 2.05) is 30.3 Å². The molecule has 1 amide bonds. The second-order valence-electron chi connectivity index (χ2n) is 7.48. The van der Waals surface area contributed by atoms with Gasteiger partial charge in [-0.15, -0.1) is 0 Å². The Balaban J connectivity index is 2.03. The summed E-state index contributed by atoms with van der Waals surface area (Å²) in [5.74, 6) is 0.937. The van der Waals surface area contributed by atoms with Crippen molar-refractivity contribution >= 4 is 19.5 Å². The maximum Gasteiger partial charge on any atom is 0.399 e. The summed E-state index contributed by atoms with van der Waals surface area (Å²) in [7, 11) is 6.31.